The molecule has 0 aliphatic carbocycles. The molecule has 0 saturated heterocycles. The van der Waals surface area contributed by atoms with Crippen LogP contribution in [0.25, 0.3) is 0 Å². The molecule has 0 bridgehead atoms. The number of benzene rings is 2. The van der Waals surface area contributed by atoms with E-state index in [0.29, 0.717) is 5.56 Å². The summed E-state index contributed by atoms with van der Waals surface area (Å²) >= 11 is 0. The van der Waals surface area contributed by atoms with Gasteiger partial charge in [0.25, 0.3) is 0 Å². The maximum Gasteiger partial charge on any atom is 0.150 e. The van der Waals surface area contributed by atoms with Crippen molar-refractivity contribution in [3.8, 4) is 0 Å². The molecule has 2 aromatic rings. The highest BCUT2D eigenvalue weighted by Gasteiger charge is 2.20. The van der Waals surface area contributed by atoms with Gasteiger partial charge in [0.1, 0.15) is 23.1 Å². The first kappa shape index (κ1) is 14.4. The smallest absolute Gasteiger partial charge is 0.150 e. The molecule has 2 N–H and O–H groups in total. The van der Waals surface area contributed by atoms with Gasteiger partial charge in [-0.25, -0.2) is 13.2 Å². The highest BCUT2D eigenvalue weighted by Crippen LogP contribution is 2.32. The third-order valence-electron chi connectivity index (χ3n) is 3.04. The summed E-state index contributed by atoms with van der Waals surface area (Å²) in [6.45, 7) is 1.97. The Hall–Kier alpha value is -2.01. The minimum absolute atomic E-state index is 0.0416. The summed E-state index contributed by atoms with van der Waals surface area (Å²) < 4.78 is 42.0. The fraction of sp³-hybridized carbons (Fsp3) is 0.200. The number of para-hydroxylation sites is 1. The third kappa shape index (κ3) is 2.63. The fourth-order valence-electron chi connectivity index (χ4n) is 2.11. The van der Waals surface area contributed by atoms with Crippen LogP contribution >= 0.6 is 0 Å². The summed E-state index contributed by atoms with van der Waals surface area (Å²) in [5.41, 5.74) is 5.59. The van der Waals surface area contributed by atoms with E-state index in [-0.39, 0.29) is 24.5 Å². The van der Waals surface area contributed by atoms with Crippen LogP contribution in [0, 0.1) is 17.5 Å². The van der Waals surface area contributed by atoms with Crippen molar-refractivity contribution in [1.82, 2.24) is 0 Å². The van der Waals surface area contributed by atoms with E-state index < -0.39 is 17.5 Å². The topological polar surface area (TPSA) is 29.3 Å². The van der Waals surface area contributed by atoms with Gasteiger partial charge in [-0.3, -0.25) is 0 Å². The summed E-state index contributed by atoms with van der Waals surface area (Å²) in [5, 5.41) is 0. The second-order valence-corrected chi connectivity index (χ2v) is 4.31. The molecule has 106 valence electrons. The molecule has 0 spiro atoms. The van der Waals surface area contributed by atoms with E-state index >= 15 is 0 Å². The molecular formula is C15H15F3N2. The molecule has 0 fully saturated rings. The van der Waals surface area contributed by atoms with Crippen LogP contribution in [0.1, 0.15) is 12.5 Å². The van der Waals surface area contributed by atoms with Crippen LogP contribution in [-0.4, -0.2) is 6.54 Å². The number of nitrogens with zero attached hydrogens (tertiary/aromatic N) is 1. The Labute approximate surface area is 115 Å². The van der Waals surface area contributed by atoms with Crippen molar-refractivity contribution in [3.05, 3.63) is 59.4 Å². The third-order valence-corrected chi connectivity index (χ3v) is 3.04. The Balaban J connectivity index is 2.56. The van der Waals surface area contributed by atoms with E-state index in [4.69, 9.17) is 5.73 Å². The normalized spacial score (nSPS) is 10.7. The number of halogens is 3. The van der Waals surface area contributed by atoms with Crippen molar-refractivity contribution in [2.75, 3.05) is 11.4 Å². The van der Waals surface area contributed by atoms with E-state index in [2.05, 4.69) is 0 Å². The van der Waals surface area contributed by atoms with Crippen LogP contribution in [-0.2, 0) is 6.54 Å². The van der Waals surface area contributed by atoms with Crippen molar-refractivity contribution in [2.24, 2.45) is 5.73 Å². The van der Waals surface area contributed by atoms with Crippen molar-refractivity contribution in [2.45, 2.75) is 13.5 Å². The Kier molecular flexibility index (Phi) is 4.29. The van der Waals surface area contributed by atoms with Crippen molar-refractivity contribution >= 4 is 11.4 Å². The molecular weight excluding hydrogens is 265 g/mol. The molecule has 0 aliphatic rings. The van der Waals surface area contributed by atoms with E-state index in [1.54, 1.807) is 13.0 Å². The monoisotopic (exact) mass is 280 g/mol. The number of rotatable bonds is 4. The Morgan fingerprint density at radius 2 is 1.60 bits per heavy atom. The van der Waals surface area contributed by atoms with Crippen LogP contribution in [0.15, 0.2) is 36.4 Å². The summed E-state index contributed by atoms with van der Waals surface area (Å²) in [6, 6.07) is 8.21. The largest absolute Gasteiger partial charge is 0.335 e. The predicted molar refractivity (Wildman–Crippen MR) is 73.3 cm³/mol. The van der Waals surface area contributed by atoms with Gasteiger partial charge in [0.05, 0.1) is 5.69 Å². The lowest BCUT2D eigenvalue weighted by atomic mass is 10.1. The minimum atomic E-state index is -0.754. The second kappa shape index (κ2) is 5.96. The van der Waals surface area contributed by atoms with E-state index in [1.807, 2.05) is 0 Å². The molecule has 0 radical (unpaired) electrons. The van der Waals surface area contributed by atoms with Gasteiger partial charge in [-0.2, -0.15) is 0 Å². The predicted octanol–water partition coefficient (Wildman–Crippen LogP) is 3.72. The van der Waals surface area contributed by atoms with Crippen LogP contribution in [0.5, 0.6) is 0 Å². The molecule has 2 rings (SSSR count). The molecule has 0 saturated carbocycles. The molecule has 0 aromatic heterocycles. The SMILES string of the molecule is CCN(c1ccccc1F)c1c(F)cc(CN)cc1F. The standard InChI is InChI=1S/C15H15F3N2/c1-2-20(14-6-4-3-5-11(14)16)15-12(17)7-10(9-19)8-13(15)18/h3-8H,2,9,19H2,1H3. The summed E-state index contributed by atoms with van der Waals surface area (Å²) in [5.74, 6) is -2.04. The Morgan fingerprint density at radius 3 is 2.10 bits per heavy atom. The summed E-state index contributed by atoms with van der Waals surface area (Å²) in [7, 11) is 0. The van der Waals surface area contributed by atoms with Crippen LogP contribution in [0.3, 0.4) is 0 Å². The lowest BCUT2D eigenvalue weighted by molar-refractivity contribution is 0.574. The van der Waals surface area contributed by atoms with Crippen molar-refractivity contribution in [1.29, 1.82) is 0 Å². The summed E-state index contributed by atoms with van der Waals surface area (Å²) in [6.07, 6.45) is 0. The molecule has 0 unspecified atom stereocenters. The van der Waals surface area contributed by atoms with Gasteiger partial charge in [0.2, 0.25) is 0 Å². The van der Waals surface area contributed by atoms with Crippen molar-refractivity contribution in [3.63, 3.8) is 0 Å². The molecule has 0 atom stereocenters. The Bertz CT molecular complexity index is 591. The number of hydrogen-bond acceptors (Lipinski definition) is 2. The van der Waals surface area contributed by atoms with Gasteiger partial charge in [-0.15, -0.1) is 0 Å². The molecule has 0 heterocycles. The first-order valence-electron chi connectivity index (χ1n) is 6.28. The van der Waals surface area contributed by atoms with E-state index in [9.17, 15) is 13.2 Å². The molecule has 0 amide bonds. The minimum Gasteiger partial charge on any atom is -0.335 e. The van der Waals surface area contributed by atoms with E-state index in [0.717, 1.165) is 0 Å². The highest BCUT2D eigenvalue weighted by atomic mass is 19.1. The quantitative estimate of drug-likeness (QED) is 0.924. The number of nitrogens with two attached hydrogens (primary N) is 1. The zero-order chi connectivity index (χ0) is 14.7. The molecule has 20 heavy (non-hydrogen) atoms. The zero-order valence-electron chi connectivity index (χ0n) is 11.0. The average Bonchev–Trinajstić information content (AvgIpc) is 2.43. The van der Waals surface area contributed by atoms with E-state index in [1.165, 1.54) is 35.2 Å². The van der Waals surface area contributed by atoms with Gasteiger partial charge in [0, 0.05) is 13.1 Å². The second-order valence-electron chi connectivity index (χ2n) is 4.31. The van der Waals surface area contributed by atoms with Crippen LogP contribution in [0.4, 0.5) is 24.5 Å². The average molecular weight is 280 g/mol. The lowest BCUT2D eigenvalue weighted by Crippen LogP contribution is -2.20. The van der Waals surface area contributed by atoms with Gasteiger partial charge in [-0.05, 0) is 36.8 Å². The first-order valence-corrected chi connectivity index (χ1v) is 6.28. The van der Waals surface area contributed by atoms with Gasteiger partial charge in [0.15, 0.2) is 0 Å². The number of anilines is 2. The highest BCUT2D eigenvalue weighted by molar-refractivity contribution is 5.65. The number of hydrogen-bond donors (Lipinski definition) is 1. The fourth-order valence-corrected chi connectivity index (χ4v) is 2.11. The van der Waals surface area contributed by atoms with Gasteiger partial charge < -0.3 is 10.6 Å². The molecule has 2 aromatic carbocycles. The van der Waals surface area contributed by atoms with Crippen LogP contribution in [0.2, 0.25) is 0 Å². The van der Waals surface area contributed by atoms with Gasteiger partial charge in [-0.1, -0.05) is 12.1 Å². The molecule has 0 aliphatic heterocycles. The summed E-state index contributed by atoms with van der Waals surface area (Å²) in [4.78, 5) is 1.26. The lowest BCUT2D eigenvalue weighted by Gasteiger charge is -2.25. The molecule has 2 nitrogen and oxygen atoms in total. The van der Waals surface area contributed by atoms with Crippen molar-refractivity contribution < 1.29 is 13.2 Å². The van der Waals surface area contributed by atoms with Gasteiger partial charge >= 0.3 is 0 Å². The zero-order valence-corrected chi connectivity index (χ0v) is 11.0. The Morgan fingerprint density at radius 1 is 1.00 bits per heavy atom. The maximum absolute atomic E-state index is 14.1. The maximum atomic E-state index is 14.1. The van der Waals surface area contributed by atoms with Crippen LogP contribution < -0.4 is 10.6 Å². The molecule has 5 heteroatoms. The first-order chi connectivity index (χ1) is 9.58.